The van der Waals surface area contributed by atoms with E-state index in [2.05, 4.69) is 10.3 Å². The quantitative estimate of drug-likeness (QED) is 0.621. The molecule has 2 N–H and O–H groups in total. The fraction of sp³-hybridized carbons (Fsp3) is 0.833. The first-order chi connectivity index (χ1) is 7.93. The molecular weight excluding hydrogens is 200 g/mol. The van der Waals surface area contributed by atoms with Crippen LogP contribution in [-0.4, -0.2) is 21.5 Å². The predicted octanol–water partition coefficient (Wildman–Crippen LogP) is 2.36. The lowest BCUT2D eigenvalue weighted by atomic mass is 10.1. The van der Waals surface area contributed by atoms with E-state index in [-0.39, 0.29) is 0 Å². The van der Waals surface area contributed by atoms with Crippen LogP contribution >= 0.6 is 0 Å². The van der Waals surface area contributed by atoms with Gasteiger partial charge in [-0.05, 0) is 19.4 Å². The van der Waals surface area contributed by atoms with Gasteiger partial charge < -0.3 is 5.73 Å². The molecule has 0 radical (unpaired) electrons. The Morgan fingerprint density at radius 3 is 2.06 bits per heavy atom. The monoisotopic (exact) mass is 224 g/mol. The van der Waals surface area contributed by atoms with Gasteiger partial charge in [0.25, 0.3) is 0 Å². The Kier molecular flexibility index (Phi) is 7.68. The molecule has 0 aliphatic carbocycles. The van der Waals surface area contributed by atoms with Gasteiger partial charge in [-0.2, -0.15) is 0 Å². The van der Waals surface area contributed by atoms with E-state index < -0.39 is 0 Å². The van der Waals surface area contributed by atoms with E-state index in [1.807, 2.05) is 10.9 Å². The van der Waals surface area contributed by atoms with Crippen molar-refractivity contribution in [3.8, 4) is 0 Å². The van der Waals surface area contributed by atoms with Crippen LogP contribution in [0.4, 0.5) is 0 Å². The first kappa shape index (κ1) is 13.2. The van der Waals surface area contributed by atoms with Crippen molar-refractivity contribution in [3.05, 3.63) is 12.4 Å². The first-order valence-electron chi connectivity index (χ1n) is 6.47. The van der Waals surface area contributed by atoms with Gasteiger partial charge in [0, 0.05) is 12.7 Å². The van der Waals surface area contributed by atoms with E-state index in [1.165, 1.54) is 51.4 Å². The fourth-order valence-corrected chi connectivity index (χ4v) is 1.83. The molecule has 0 aliphatic heterocycles. The molecule has 0 unspecified atom stereocenters. The summed E-state index contributed by atoms with van der Waals surface area (Å²) in [5.74, 6) is 0. The highest BCUT2D eigenvalue weighted by Crippen LogP contribution is 2.08. The average Bonchev–Trinajstić information content (AvgIpc) is 2.80. The summed E-state index contributed by atoms with van der Waals surface area (Å²) in [6.45, 7) is 1.85. The van der Waals surface area contributed by atoms with Crippen molar-refractivity contribution in [2.45, 2.75) is 57.9 Å². The first-order valence-corrected chi connectivity index (χ1v) is 6.47. The van der Waals surface area contributed by atoms with Gasteiger partial charge in [0.2, 0.25) is 0 Å². The minimum atomic E-state index is 0.845. The van der Waals surface area contributed by atoms with Crippen LogP contribution in [0.15, 0.2) is 12.4 Å². The maximum absolute atomic E-state index is 5.44. The Hall–Kier alpha value is -0.900. The van der Waals surface area contributed by atoms with Gasteiger partial charge in [0.1, 0.15) is 0 Å². The lowest BCUT2D eigenvalue weighted by Crippen LogP contribution is -1.98. The van der Waals surface area contributed by atoms with E-state index in [9.17, 15) is 0 Å². The fourth-order valence-electron chi connectivity index (χ4n) is 1.83. The number of unbranched alkanes of at least 4 members (excludes halogenated alkanes) is 7. The predicted molar refractivity (Wildman–Crippen MR) is 66.0 cm³/mol. The summed E-state index contributed by atoms with van der Waals surface area (Å²) < 4.78 is 1.90. The Bertz CT molecular complexity index is 233. The third-order valence-electron chi connectivity index (χ3n) is 2.81. The van der Waals surface area contributed by atoms with Crippen molar-refractivity contribution in [3.63, 3.8) is 0 Å². The van der Waals surface area contributed by atoms with Crippen LogP contribution in [0.3, 0.4) is 0 Å². The van der Waals surface area contributed by atoms with Crippen LogP contribution < -0.4 is 5.73 Å². The lowest BCUT2D eigenvalue weighted by molar-refractivity contribution is 0.510. The van der Waals surface area contributed by atoms with Crippen molar-refractivity contribution < 1.29 is 0 Å². The van der Waals surface area contributed by atoms with Gasteiger partial charge in [-0.1, -0.05) is 43.7 Å². The second-order valence-electron chi connectivity index (χ2n) is 4.28. The van der Waals surface area contributed by atoms with Gasteiger partial charge in [-0.3, -0.25) is 4.68 Å². The van der Waals surface area contributed by atoms with E-state index in [0.29, 0.717) is 0 Å². The van der Waals surface area contributed by atoms with Crippen LogP contribution in [0.5, 0.6) is 0 Å². The highest BCUT2D eigenvalue weighted by atomic mass is 15.4. The standard InChI is InChI=1S/C12H24N4/c13-9-7-5-3-1-2-4-6-8-11-16-12-10-14-15-16/h10,12H,1-9,11,13H2. The zero-order chi connectivity index (χ0) is 11.5. The summed E-state index contributed by atoms with van der Waals surface area (Å²) in [5, 5.41) is 7.72. The molecule has 1 rings (SSSR count). The SMILES string of the molecule is NCCCCCCCCCCn1ccnn1. The largest absolute Gasteiger partial charge is 0.330 e. The van der Waals surface area contributed by atoms with Gasteiger partial charge in [-0.15, -0.1) is 5.10 Å². The number of aromatic nitrogens is 3. The van der Waals surface area contributed by atoms with Crippen LogP contribution in [0.1, 0.15) is 51.4 Å². The molecule has 4 nitrogen and oxygen atoms in total. The molecule has 1 heterocycles. The second kappa shape index (κ2) is 9.33. The molecule has 1 aromatic heterocycles. The van der Waals surface area contributed by atoms with Crippen LogP contribution in [0.2, 0.25) is 0 Å². The van der Waals surface area contributed by atoms with Crippen LogP contribution in [0.25, 0.3) is 0 Å². The molecular formula is C12H24N4. The minimum Gasteiger partial charge on any atom is -0.330 e. The molecule has 0 spiro atoms. The summed E-state index contributed by atoms with van der Waals surface area (Å²) in [5.41, 5.74) is 5.44. The van der Waals surface area contributed by atoms with Crippen molar-refractivity contribution in [2.75, 3.05) is 6.54 Å². The number of hydrogen-bond donors (Lipinski definition) is 1. The Morgan fingerprint density at radius 1 is 0.875 bits per heavy atom. The van der Waals surface area contributed by atoms with Gasteiger partial charge >= 0.3 is 0 Å². The van der Waals surface area contributed by atoms with Crippen molar-refractivity contribution in [2.24, 2.45) is 5.73 Å². The zero-order valence-electron chi connectivity index (χ0n) is 10.1. The normalized spacial score (nSPS) is 10.8. The molecule has 0 bridgehead atoms. The average molecular weight is 224 g/mol. The smallest absolute Gasteiger partial charge is 0.0692 e. The molecule has 0 aliphatic rings. The summed E-state index contributed by atoms with van der Waals surface area (Å²) in [4.78, 5) is 0. The highest BCUT2D eigenvalue weighted by Gasteiger charge is 1.93. The van der Waals surface area contributed by atoms with Gasteiger partial charge in [-0.25, -0.2) is 0 Å². The van der Waals surface area contributed by atoms with Crippen molar-refractivity contribution >= 4 is 0 Å². The maximum Gasteiger partial charge on any atom is 0.0692 e. The minimum absolute atomic E-state index is 0.845. The van der Waals surface area contributed by atoms with Crippen LogP contribution in [-0.2, 0) is 6.54 Å². The summed E-state index contributed by atoms with van der Waals surface area (Å²) in [6, 6.07) is 0. The number of aryl methyl sites for hydroxylation is 1. The Balaban J connectivity index is 1.78. The molecule has 16 heavy (non-hydrogen) atoms. The van der Waals surface area contributed by atoms with E-state index in [4.69, 9.17) is 5.73 Å². The molecule has 0 saturated heterocycles. The van der Waals surface area contributed by atoms with Crippen molar-refractivity contribution in [1.29, 1.82) is 0 Å². The molecule has 92 valence electrons. The van der Waals surface area contributed by atoms with Crippen LogP contribution in [0, 0.1) is 0 Å². The number of nitrogens with two attached hydrogens (primary N) is 1. The van der Waals surface area contributed by atoms with Crippen molar-refractivity contribution in [1.82, 2.24) is 15.0 Å². The molecule has 0 saturated carbocycles. The molecule has 0 fully saturated rings. The summed E-state index contributed by atoms with van der Waals surface area (Å²) >= 11 is 0. The lowest BCUT2D eigenvalue weighted by Gasteiger charge is -2.02. The van der Waals surface area contributed by atoms with E-state index >= 15 is 0 Å². The maximum atomic E-state index is 5.44. The topological polar surface area (TPSA) is 56.7 Å². The molecule has 0 amide bonds. The Labute approximate surface area is 98.2 Å². The third kappa shape index (κ3) is 6.56. The molecule has 0 aromatic carbocycles. The number of hydrogen-bond acceptors (Lipinski definition) is 3. The highest BCUT2D eigenvalue weighted by molar-refractivity contribution is 4.63. The number of nitrogens with zero attached hydrogens (tertiary/aromatic N) is 3. The number of rotatable bonds is 10. The van der Waals surface area contributed by atoms with Gasteiger partial charge in [0.05, 0.1) is 6.20 Å². The Morgan fingerprint density at radius 2 is 1.50 bits per heavy atom. The molecule has 0 atom stereocenters. The molecule has 1 aromatic rings. The van der Waals surface area contributed by atoms with Gasteiger partial charge in [0.15, 0.2) is 0 Å². The second-order valence-corrected chi connectivity index (χ2v) is 4.28. The summed E-state index contributed by atoms with van der Waals surface area (Å²) in [6.07, 6.45) is 14.1. The third-order valence-corrected chi connectivity index (χ3v) is 2.81. The summed E-state index contributed by atoms with van der Waals surface area (Å²) in [7, 11) is 0. The zero-order valence-corrected chi connectivity index (χ0v) is 10.1. The molecule has 4 heteroatoms. The van der Waals surface area contributed by atoms with E-state index in [1.54, 1.807) is 6.20 Å². The van der Waals surface area contributed by atoms with E-state index in [0.717, 1.165) is 13.1 Å².